The van der Waals surface area contributed by atoms with E-state index in [4.69, 9.17) is 4.74 Å². The Morgan fingerprint density at radius 1 is 1.23 bits per heavy atom. The van der Waals surface area contributed by atoms with Gasteiger partial charge in [-0.15, -0.1) is 11.3 Å². The highest BCUT2D eigenvalue weighted by Crippen LogP contribution is 2.48. The minimum absolute atomic E-state index is 0.0535. The molecule has 0 aliphatic heterocycles. The number of carboxylic acid groups (broad SMARTS) is 1. The van der Waals surface area contributed by atoms with Crippen molar-refractivity contribution in [3.63, 3.8) is 0 Å². The number of aliphatic carboxylic acids is 1. The summed E-state index contributed by atoms with van der Waals surface area (Å²) in [6.07, 6.45) is 6.28. The van der Waals surface area contributed by atoms with Gasteiger partial charge in [0.25, 0.3) is 0 Å². The topological polar surface area (TPSA) is 92.7 Å². The molecule has 0 radical (unpaired) electrons. The molecular weight excluding hydrogens is 354 g/mol. The van der Waals surface area contributed by atoms with Crippen LogP contribution >= 0.6 is 11.3 Å². The number of carbonyl (C=O) groups excluding carboxylic acids is 2. The van der Waals surface area contributed by atoms with E-state index in [9.17, 15) is 19.5 Å². The van der Waals surface area contributed by atoms with E-state index in [2.05, 4.69) is 5.32 Å². The van der Waals surface area contributed by atoms with Gasteiger partial charge in [-0.25, -0.2) is 4.79 Å². The van der Waals surface area contributed by atoms with Crippen LogP contribution in [0.15, 0.2) is 18.2 Å². The maximum absolute atomic E-state index is 12.9. The molecule has 0 spiro atoms. The van der Waals surface area contributed by atoms with Crippen molar-refractivity contribution in [3.8, 4) is 0 Å². The second-order valence-electron chi connectivity index (χ2n) is 6.75. The van der Waals surface area contributed by atoms with Crippen molar-refractivity contribution >= 4 is 34.2 Å². The zero-order chi connectivity index (χ0) is 18.8. The van der Waals surface area contributed by atoms with Crippen LogP contribution in [0.4, 0.5) is 5.00 Å². The second-order valence-corrected chi connectivity index (χ2v) is 7.89. The highest BCUT2D eigenvalue weighted by molar-refractivity contribution is 7.16. The van der Waals surface area contributed by atoms with Crippen LogP contribution in [0.2, 0.25) is 0 Å². The molecule has 3 rings (SSSR count). The molecule has 1 aromatic heterocycles. The largest absolute Gasteiger partial charge is 0.481 e. The molecule has 0 unspecified atom stereocenters. The average Bonchev–Trinajstić information content (AvgIpc) is 3.29. The molecule has 140 valence electrons. The summed E-state index contributed by atoms with van der Waals surface area (Å²) in [6, 6.07) is 1.76. The maximum Gasteiger partial charge on any atom is 0.341 e. The molecule has 2 aliphatic rings. The van der Waals surface area contributed by atoms with E-state index in [0.29, 0.717) is 17.0 Å². The fourth-order valence-corrected chi connectivity index (χ4v) is 5.13. The first kappa shape index (κ1) is 18.6. The van der Waals surface area contributed by atoms with Gasteiger partial charge in [-0.05, 0) is 37.7 Å². The van der Waals surface area contributed by atoms with E-state index in [-0.39, 0.29) is 24.3 Å². The van der Waals surface area contributed by atoms with Gasteiger partial charge in [0.1, 0.15) is 5.00 Å². The normalized spacial score (nSPS) is 26.1. The average molecular weight is 377 g/mol. The van der Waals surface area contributed by atoms with Gasteiger partial charge >= 0.3 is 11.9 Å². The second kappa shape index (κ2) is 7.61. The molecule has 0 saturated heterocycles. The lowest BCUT2D eigenvalue weighted by Crippen LogP contribution is -2.36. The third-order valence-corrected chi connectivity index (χ3v) is 6.17. The lowest BCUT2D eigenvalue weighted by molar-refractivity contribution is -0.146. The Kier molecular flexibility index (Phi) is 5.46. The SMILES string of the molecule is CCCc1cc(C(=O)OCC)c(NC(=O)[C@@H]2[C@H](C(=O)O)[C@H]3C=C[C@H]2C3)s1. The number of hydrogen-bond acceptors (Lipinski definition) is 5. The molecule has 2 N–H and O–H groups in total. The van der Waals surface area contributed by atoms with Crippen molar-refractivity contribution in [2.45, 2.75) is 33.1 Å². The summed E-state index contributed by atoms with van der Waals surface area (Å²) in [5.74, 6) is -3.18. The van der Waals surface area contributed by atoms with Gasteiger partial charge in [0.15, 0.2) is 0 Å². The minimum atomic E-state index is -0.939. The van der Waals surface area contributed by atoms with Crippen LogP contribution in [0.3, 0.4) is 0 Å². The number of amides is 1. The zero-order valence-electron chi connectivity index (χ0n) is 14.9. The number of carboxylic acids is 1. The lowest BCUT2D eigenvalue weighted by atomic mass is 9.82. The third kappa shape index (κ3) is 3.40. The molecule has 1 fully saturated rings. The van der Waals surface area contributed by atoms with Gasteiger partial charge < -0.3 is 15.2 Å². The van der Waals surface area contributed by atoms with Gasteiger partial charge in [-0.3, -0.25) is 9.59 Å². The molecule has 1 amide bonds. The molecule has 6 nitrogen and oxygen atoms in total. The van der Waals surface area contributed by atoms with Crippen molar-refractivity contribution in [1.82, 2.24) is 0 Å². The molecule has 4 atom stereocenters. The van der Waals surface area contributed by atoms with Gasteiger partial charge in [0, 0.05) is 4.88 Å². The molecule has 2 aliphatic carbocycles. The summed E-state index contributed by atoms with van der Waals surface area (Å²) in [5.41, 5.74) is 0.347. The predicted octanol–water partition coefficient (Wildman–Crippen LogP) is 3.34. The van der Waals surface area contributed by atoms with E-state index < -0.39 is 23.8 Å². The number of ether oxygens (including phenoxy) is 1. The fraction of sp³-hybridized carbons (Fsp3) is 0.526. The summed E-state index contributed by atoms with van der Waals surface area (Å²) in [6.45, 7) is 4.03. The number of thiophene rings is 1. The monoisotopic (exact) mass is 377 g/mol. The van der Waals surface area contributed by atoms with Crippen LogP contribution in [-0.4, -0.2) is 29.6 Å². The van der Waals surface area contributed by atoms with Gasteiger partial charge in [-0.1, -0.05) is 25.5 Å². The van der Waals surface area contributed by atoms with E-state index in [1.807, 2.05) is 19.1 Å². The van der Waals surface area contributed by atoms with Crippen LogP contribution in [-0.2, 0) is 20.7 Å². The first-order chi connectivity index (χ1) is 12.5. The number of nitrogens with one attached hydrogen (secondary N) is 1. The molecule has 2 bridgehead atoms. The van der Waals surface area contributed by atoms with Gasteiger partial charge in [0.2, 0.25) is 5.91 Å². The van der Waals surface area contributed by atoms with Crippen molar-refractivity contribution in [2.75, 3.05) is 11.9 Å². The number of esters is 1. The Morgan fingerprint density at radius 2 is 1.92 bits per heavy atom. The van der Waals surface area contributed by atoms with E-state index >= 15 is 0 Å². The summed E-state index contributed by atoms with van der Waals surface area (Å²) < 4.78 is 5.09. The van der Waals surface area contributed by atoms with Crippen molar-refractivity contribution in [2.24, 2.45) is 23.7 Å². The Bertz CT molecular complexity index is 753. The van der Waals surface area contributed by atoms with Crippen molar-refractivity contribution in [1.29, 1.82) is 0 Å². The summed E-state index contributed by atoms with van der Waals surface area (Å²) in [4.78, 5) is 37.7. The molecule has 0 aromatic carbocycles. The lowest BCUT2D eigenvalue weighted by Gasteiger charge is -2.23. The van der Waals surface area contributed by atoms with E-state index in [1.165, 1.54) is 11.3 Å². The molecule has 7 heteroatoms. The number of allylic oxidation sites excluding steroid dienone is 2. The Morgan fingerprint density at radius 3 is 2.54 bits per heavy atom. The Labute approximate surface area is 156 Å². The number of rotatable bonds is 7. The summed E-state index contributed by atoms with van der Waals surface area (Å²) in [5, 5.41) is 12.8. The van der Waals surface area contributed by atoms with Crippen LogP contribution in [0.1, 0.15) is 41.9 Å². The Balaban J connectivity index is 1.83. The molecule has 1 heterocycles. The summed E-state index contributed by atoms with van der Waals surface area (Å²) >= 11 is 1.36. The number of carbonyl (C=O) groups is 3. The number of hydrogen-bond donors (Lipinski definition) is 2. The molecular formula is C19H23NO5S. The first-order valence-corrected chi connectivity index (χ1v) is 9.79. The van der Waals surface area contributed by atoms with Gasteiger partial charge in [-0.2, -0.15) is 0 Å². The highest BCUT2D eigenvalue weighted by Gasteiger charge is 2.51. The Hall–Kier alpha value is -2.15. The number of aryl methyl sites for hydroxylation is 1. The minimum Gasteiger partial charge on any atom is -0.481 e. The number of fused-ring (bicyclic) bond motifs is 2. The van der Waals surface area contributed by atoms with Crippen molar-refractivity contribution in [3.05, 3.63) is 28.7 Å². The molecule has 1 aromatic rings. The highest BCUT2D eigenvalue weighted by atomic mass is 32.1. The van der Waals surface area contributed by atoms with Crippen LogP contribution in [0, 0.1) is 23.7 Å². The van der Waals surface area contributed by atoms with Crippen LogP contribution in [0.25, 0.3) is 0 Å². The molecule has 1 saturated carbocycles. The fourth-order valence-electron chi connectivity index (χ4n) is 3.98. The predicted molar refractivity (Wildman–Crippen MR) is 98.3 cm³/mol. The molecule has 26 heavy (non-hydrogen) atoms. The first-order valence-electron chi connectivity index (χ1n) is 8.98. The number of anilines is 1. The standard InChI is InChI=1S/C19H23NO5S/c1-3-5-12-9-13(19(24)25-4-2)17(26-12)20-16(21)14-10-6-7-11(8-10)15(14)18(22)23/h6-7,9-11,14-15H,3-5,8H2,1-2H3,(H,20,21)(H,22,23)/t10-,11-,14-,15+/m0/s1. The van der Waals surface area contributed by atoms with E-state index in [1.54, 1.807) is 13.0 Å². The van der Waals surface area contributed by atoms with E-state index in [0.717, 1.165) is 17.7 Å². The van der Waals surface area contributed by atoms with Crippen molar-refractivity contribution < 1.29 is 24.2 Å². The third-order valence-electron chi connectivity index (χ3n) is 5.06. The summed E-state index contributed by atoms with van der Waals surface area (Å²) in [7, 11) is 0. The zero-order valence-corrected chi connectivity index (χ0v) is 15.7. The quantitative estimate of drug-likeness (QED) is 0.562. The smallest absolute Gasteiger partial charge is 0.341 e. The van der Waals surface area contributed by atoms with Gasteiger partial charge in [0.05, 0.1) is 24.0 Å². The maximum atomic E-state index is 12.9. The van der Waals surface area contributed by atoms with Crippen LogP contribution < -0.4 is 5.32 Å². The van der Waals surface area contributed by atoms with Crippen LogP contribution in [0.5, 0.6) is 0 Å².